The van der Waals surface area contributed by atoms with E-state index < -0.39 is 0 Å². The highest BCUT2D eigenvalue weighted by molar-refractivity contribution is 7.80. The van der Waals surface area contributed by atoms with Crippen molar-refractivity contribution in [1.82, 2.24) is 26.1 Å². The van der Waals surface area contributed by atoms with Gasteiger partial charge in [-0.25, -0.2) is 0 Å². The van der Waals surface area contributed by atoms with Crippen molar-refractivity contribution in [3.63, 3.8) is 0 Å². The van der Waals surface area contributed by atoms with E-state index in [0.717, 1.165) is 18.8 Å². The van der Waals surface area contributed by atoms with Gasteiger partial charge in [-0.1, -0.05) is 0 Å². The minimum absolute atomic E-state index is 0.435. The number of hydrogen-bond donors (Lipinski definition) is 4. The molecule has 0 fully saturated rings. The highest BCUT2D eigenvalue weighted by Crippen LogP contribution is 1.95. The summed E-state index contributed by atoms with van der Waals surface area (Å²) in [5, 5.41) is 17.4. The molecule has 0 saturated heterocycles. The van der Waals surface area contributed by atoms with Crippen LogP contribution in [-0.4, -0.2) is 35.4 Å². The van der Waals surface area contributed by atoms with Gasteiger partial charge in [-0.05, 0) is 24.4 Å². The molecule has 0 bridgehead atoms. The number of rotatable bonds is 5. The van der Waals surface area contributed by atoms with Gasteiger partial charge in [-0.2, -0.15) is 5.10 Å². The van der Waals surface area contributed by atoms with Crippen molar-refractivity contribution in [3.05, 3.63) is 17.8 Å². The minimum atomic E-state index is 0.435. The molecule has 0 amide bonds. The lowest BCUT2D eigenvalue weighted by molar-refractivity contribution is 0.654. The molecule has 1 heterocycles. The Balaban J connectivity index is 2.11. The van der Waals surface area contributed by atoms with E-state index >= 15 is 0 Å². The van der Waals surface area contributed by atoms with Gasteiger partial charge in [0.1, 0.15) is 5.82 Å². The van der Waals surface area contributed by atoms with E-state index in [9.17, 15) is 0 Å². The molecule has 0 aliphatic carbocycles. The zero-order chi connectivity index (χ0) is 11.8. The number of anilines is 1. The molecule has 1 aromatic rings. The second kappa shape index (κ2) is 6.91. The first-order valence-electron chi connectivity index (χ1n) is 4.96. The average Bonchev–Trinajstić information content (AvgIpc) is 2.31. The topological polar surface area (TPSA) is 87.9 Å². The number of nitrogens with zero attached hydrogens (tertiary/aromatic N) is 2. The Hall–Kier alpha value is -1.47. The van der Waals surface area contributed by atoms with E-state index in [-0.39, 0.29) is 0 Å². The van der Waals surface area contributed by atoms with Gasteiger partial charge in [0.25, 0.3) is 0 Å². The second-order valence-electron chi connectivity index (χ2n) is 3.13. The van der Waals surface area contributed by atoms with Crippen LogP contribution in [-0.2, 0) is 6.54 Å². The largest absolute Gasteiger partial charge is 0.382 e. The fourth-order valence-electron chi connectivity index (χ4n) is 1.03. The Morgan fingerprint density at radius 2 is 2.19 bits per heavy atom. The van der Waals surface area contributed by atoms with Crippen LogP contribution in [0.1, 0.15) is 5.69 Å². The molecule has 5 N–H and O–H groups in total. The maximum absolute atomic E-state index is 5.43. The van der Waals surface area contributed by atoms with Crippen LogP contribution in [0.3, 0.4) is 0 Å². The van der Waals surface area contributed by atoms with Gasteiger partial charge < -0.3 is 21.7 Å². The van der Waals surface area contributed by atoms with Crippen LogP contribution < -0.4 is 21.7 Å². The number of nitrogens with one attached hydrogen (secondary N) is 3. The summed E-state index contributed by atoms with van der Waals surface area (Å²) in [7, 11) is 1.78. The van der Waals surface area contributed by atoms with Gasteiger partial charge >= 0.3 is 0 Å². The maximum Gasteiger partial charge on any atom is 0.166 e. The molecule has 0 aliphatic heterocycles. The Labute approximate surface area is 100 Å². The lowest BCUT2D eigenvalue weighted by Crippen LogP contribution is -2.37. The minimum Gasteiger partial charge on any atom is -0.382 e. The molecule has 1 rings (SSSR count). The molecule has 7 heteroatoms. The third kappa shape index (κ3) is 4.85. The number of nitrogens with two attached hydrogens (primary N) is 1. The summed E-state index contributed by atoms with van der Waals surface area (Å²) in [4.78, 5) is 0. The molecule has 1 aromatic heterocycles. The number of hydrogen-bond acceptors (Lipinski definition) is 5. The average molecular weight is 240 g/mol. The monoisotopic (exact) mass is 240 g/mol. The van der Waals surface area contributed by atoms with Crippen molar-refractivity contribution in [2.45, 2.75) is 6.54 Å². The van der Waals surface area contributed by atoms with E-state index in [4.69, 9.17) is 18.0 Å². The van der Waals surface area contributed by atoms with Crippen molar-refractivity contribution in [2.75, 3.05) is 25.9 Å². The van der Waals surface area contributed by atoms with Crippen LogP contribution >= 0.6 is 12.2 Å². The zero-order valence-corrected chi connectivity index (χ0v) is 9.97. The summed E-state index contributed by atoms with van der Waals surface area (Å²) in [6, 6.07) is 3.58. The first-order valence-corrected chi connectivity index (χ1v) is 5.37. The molecule has 0 atom stereocenters. The standard InChI is InChI=1S/C9H16N6S/c1-11-9(16)13-5-4-12-6-7-2-3-8(10)15-14-7/h2-3,12H,4-6H2,1H3,(H2,10,15)(H2,11,13,16). The third-order valence-electron chi connectivity index (χ3n) is 1.86. The predicted octanol–water partition coefficient (Wildman–Crippen LogP) is -0.758. The van der Waals surface area contributed by atoms with E-state index in [0.29, 0.717) is 17.5 Å². The normalized spacial score (nSPS) is 9.81. The van der Waals surface area contributed by atoms with Crippen molar-refractivity contribution in [1.29, 1.82) is 0 Å². The number of thiocarbonyl (C=S) groups is 1. The lowest BCUT2D eigenvalue weighted by Gasteiger charge is -2.07. The highest BCUT2D eigenvalue weighted by Gasteiger charge is 1.95. The molecule has 0 spiro atoms. The first-order chi connectivity index (χ1) is 7.72. The molecule has 0 saturated carbocycles. The Morgan fingerprint density at radius 3 is 2.81 bits per heavy atom. The molecular weight excluding hydrogens is 224 g/mol. The number of aromatic nitrogens is 2. The SMILES string of the molecule is CNC(=S)NCCNCc1ccc(N)nn1. The fourth-order valence-corrected chi connectivity index (χ4v) is 1.14. The van der Waals surface area contributed by atoms with Crippen LogP contribution in [0.4, 0.5) is 5.82 Å². The summed E-state index contributed by atoms with van der Waals surface area (Å²) in [5.74, 6) is 0.435. The van der Waals surface area contributed by atoms with E-state index in [1.807, 2.05) is 6.07 Å². The van der Waals surface area contributed by atoms with Crippen LogP contribution in [0.2, 0.25) is 0 Å². The summed E-state index contributed by atoms with van der Waals surface area (Å²) in [6.07, 6.45) is 0. The quantitative estimate of drug-likeness (QED) is 0.397. The second-order valence-corrected chi connectivity index (χ2v) is 3.54. The zero-order valence-electron chi connectivity index (χ0n) is 9.16. The lowest BCUT2D eigenvalue weighted by atomic mass is 10.4. The van der Waals surface area contributed by atoms with Gasteiger partial charge in [-0.3, -0.25) is 0 Å². The van der Waals surface area contributed by atoms with Crippen molar-refractivity contribution < 1.29 is 0 Å². The molecular formula is C9H16N6S. The van der Waals surface area contributed by atoms with Gasteiger partial charge in [-0.15, -0.1) is 5.10 Å². The smallest absolute Gasteiger partial charge is 0.166 e. The third-order valence-corrected chi connectivity index (χ3v) is 2.21. The summed E-state index contributed by atoms with van der Waals surface area (Å²) >= 11 is 4.93. The molecule has 0 aromatic carbocycles. The van der Waals surface area contributed by atoms with E-state index in [2.05, 4.69) is 26.1 Å². The van der Waals surface area contributed by atoms with Crippen molar-refractivity contribution in [3.8, 4) is 0 Å². The molecule has 88 valence electrons. The first kappa shape index (κ1) is 12.6. The summed E-state index contributed by atoms with van der Waals surface area (Å²) in [5.41, 5.74) is 6.29. The predicted molar refractivity (Wildman–Crippen MR) is 67.8 cm³/mol. The van der Waals surface area contributed by atoms with Crippen LogP contribution in [0, 0.1) is 0 Å². The molecule has 0 aliphatic rings. The fraction of sp³-hybridized carbons (Fsp3) is 0.444. The summed E-state index contributed by atoms with van der Waals surface area (Å²) < 4.78 is 0. The van der Waals surface area contributed by atoms with E-state index in [1.54, 1.807) is 13.1 Å². The molecule has 16 heavy (non-hydrogen) atoms. The maximum atomic E-state index is 5.43. The van der Waals surface area contributed by atoms with Crippen LogP contribution in [0.5, 0.6) is 0 Å². The van der Waals surface area contributed by atoms with Crippen LogP contribution in [0.15, 0.2) is 12.1 Å². The Bertz CT molecular complexity index is 325. The van der Waals surface area contributed by atoms with Crippen LogP contribution in [0.25, 0.3) is 0 Å². The van der Waals surface area contributed by atoms with E-state index in [1.165, 1.54) is 0 Å². The van der Waals surface area contributed by atoms with Gasteiger partial charge in [0.2, 0.25) is 0 Å². The molecule has 6 nitrogen and oxygen atoms in total. The highest BCUT2D eigenvalue weighted by atomic mass is 32.1. The summed E-state index contributed by atoms with van der Waals surface area (Å²) in [6.45, 7) is 2.23. The molecule has 0 radical (unpaired) electrons. The van der Waals surface area contributed by atoms with Crippen molar-refractivity contribution >= 4 is 23.1 Å². The van der Waals surface area contributed by atoms with Crippen molar-refractivity contribution in [2.24, 2.45) is 0 Å². The van der Waals surface area contributed by atoms with Gasteiger partial charge in [0.05, 0.1) is 5.69 Å². The molecule has 0 unspecified atom stereocenters. The van der Waals surface area contributed by atoms with Gasteiger partial charge in [0, 0.05) is 26.7 Å². The number of nitrogen functional groups attached to an aromatic ring is 1. The Morgan fingerprint density at radius 1 is 1.38 bits per heavy atom. The van der Waals surface area contributed by atoms with Gasteiger partial charge in [0.15, 0.2) is 5.11 Å². The Kier molecular flexibility index (Phi) is 5.44.